The SMILES string of the molecule is O=C1OCC(c2ccc(CS(=O)O)cc2)=C1c1ccc(F)cc1Cl. The minimum Gasteiger partial charge on any atom is -0.457 e. The lowest BCUT2D eigenvalue weighted by Crippen LogP contribution is -1.99. The van der Waals surface area contributed by atoms with Crippen LogP contribution in [0, 0.1) is 5.82 Å². The van der Waals surface area contributed by atoms with Crippen molar-refractivity contribution in [3.63, 3.8) is 0 Å². The predicted molar refractivity (Wildman–Crippen MR) is 90.1 cm³/mol. The molecule has 0 aromatic heterocycles. The molecule has 7 heteroatoms. The highest BCUT2D eigenvalue weighted by Crippen LogP contribution is 2.36. The Labute approximate surface area is 145 Å². The van der Waals surface area contributed by atoms with Crippen molar-refractivity contribution in [3.8, 4) is 0 Å². The van der Waals surface area contributed by atoms with E-state index >= 15 is 0 Å². The van der Waals surface area contributed by atoms with E-state index in [1.807, 2.05) is 0 Å². The number of hydrogen-bond acceptors (Lipinski definition) is 3. The van der Waals surface area contributed by atoms with Crippen LogP contribution in [0.2, 0.25) is 5.02 Å². The first kappa shape index (κ1) is 16.8. The first-order valence-corrected chi connectivity index (χ1v) is 8.63. The fourth-order valence-corrected chi connectivity index (χ4v) is 3.28. The second-order valence-corrected chi connectivity index (χ2v) is 6.56. The number of esters is 1. The van der Waals surface area contributed by atoms with Crippen LogP contribution in [0.5, 0.6) is 0 Å². The standard InChI is InChI=1S/C17H12ClFO4S/c18-15-7-12(19)5-6-13(15)16-14(8-23-17(16)20)11-3-1-10(2-4-11)9-24(21)22/h1-7H,8-9H2,(H,21,22). The van der Waals surface area contributed by atoms with Gasteiger partial charge in [-0.2, -0.15) is 0 Å². The molecule has 0 aliphatic carbocycles. The highest BCUT2D eigenvalue weighted by molar-refractivity contribution is 7.78. The van der Waals surface area contributed by atoms with Gasteiger partial charge in [-0.15, -0.1) is 0 Å². The second-order valence-electron chi connectivity index (χ2n) is 5.22. The number of carbonyl (C=O) groups excluding carboxylic acids is 1. The summed E-state index contributed by atoms with van der Waals surface area (Å²) in [6, 6.07) is 10.7. The summed E-state index contributed by atoms with van der Waals surface area (Å²) in [6.45, 7) is 0.0904. The molecule has 1 aliphatic rings. The molecule has 1 heterocycles. The van der Waals surface area contributed by atoms with Crippen LogP contribution in [0.4, 0.5) is 4.39 Å². The molecule has 0 spiro atoms. The number of halogens is 2. The topological polar surface area (TPSA) is 63.6 Å². The normalized spacial score (nSPS) is 15.5. The Hall–Kier alpha value is -2.02. The van der Waals surface area contributed by atoms with Gasteiger partial charge < -0.3 is 9.29 Å². The number of hydrogen-bond donors (Lipinski definition) is 1. The summed E-state index contributed by atoms with van der Waals surface area (Å²) >= 11 is 4.15. The van der Waals surface area contributed by atoms with Gasteiger partial charge in [0.25, 0.3) is 0 Å². The largest absolute Gasteiger partial charge is 0.457 e. The molecular weight excluding hydrogens is 355 g/mol. The Morgan fingerprint density at radius 1 is 1.21 bits per heavy atom. The smallest absolute Gasteiger partial charge is 0.339 e. The lowest BCUT2D eigenvalue weighted by molar-refractivity contribution is -0.133. The Kier molecular flexibility index (Phi) is 4.80. The fourth-order valence-electron chi connectivity index (χ4n) is 2.54. The lowest BCUT2D eigenvalue weighted by atomic mass is 9.96. The van der Waals surface area contributed by atoms with Crippen LogP contribution in [-0.2, 0) is 26.4 Å². The Morgan fingerprint density at radius 2 is 1.92 bits per heavy atom. The molecule has 1 atom stereocenters. The third kappa shape index (κ3) is 3.40. The minimum atomic E-state index is -1.92. The maximum atomic E-state index is 13.2. The van der Waals surface area contributed by atoms with E-state index in [2.05, 4.69) is 0 Å². The van der Waals surface area contributed by atoms with E-state index in [9.17, 15) is 13.4 Å². The molecule has 0 bridgehead atoms. The molecule has 4 nitrogen and oxygen atoms in total. The molecule has 1 unspecified atom stereocenters. The summed E-state index contributed by atoms with van der Waals surface area (Å²) in [4.78, 5) is 12.1. The summed E-state index contributed by atoms with van der Waals surface area (Å²) in [5, 5.41) is 0.133. The number of ether oxygens (including phenoxy) is 1. The van der Waals surface area contributed by atoms with Gasteiger partial charge in [-0.1, -0.05) is 35.9 Å². The van der Waals surface area contributed by atoms with Gasteiger partial charge in [0, 0.05) is 11.1 Å². The molecule has 0 fully saturated rings. The van der Waals surface area contributed by atoms with Crippen molar-refractivity contribution in [1.82, 2.24) is 0 Å². The van der Waals surface area contributed by atoms with Gasteiger partial charge in [-0.3, -0.25) is 0 Å². The van der Waals surface area contributed by atoms with E-state index < -0.39 is 22.9 Å². The van der Waals surface area contributed by atoms with Crippen molar-refractivity contribution in [3.05, 3.63) is 70.0 Å². The average molecular weight is 367 g/mol. The summed E-state index contributed by atoms with van der Waals surface area (Å²) < 4.78 is 38.1. The fraction of sp³-hybridized carbons (Fsp3) is 0.118. The van der Waals surface area contributed by atoms with E-state index in [0.29, 0.717) is 22.3 Å². The van der Waals surface area contributed by atoms with Crippen molar-refractivity contribution in [2.24, 2.45) is 0 Å². The molecule has 1 N–H and O–H groups in total. The number of rotatable bonds is 4. The lowest BCUT2D eigenvalue weighted by Gasteiger charge is -2.07. The van der Waals surface area contributed by atoms with Crippen LogP contribution in [-0.4, -0.2) is 21.3 Å². The summed E-state index contributed by atoms with van der Waals surface area (Å²) in [7, 11) is 0. The van der Waals surface area contributed by atoms with Gasteiger partial charge in [-0.25, -0.2) is 13.4 Å². The van der Waals surface area contributed by atoms with Crippen LogP contribution in [0.1, 0.15) is 16.7 Å². The van der Waals surface area contributed by atoms with Gasteiger partial charge in [0.2, 0.25) is 0 Å². The van der Waals surface area contributed by atoms with Crippen LogP contribution in [0.3, 0.4) is 0 Å². The first-order chi connectivity index (χ1) is 11.5. The zero-order valence-corrected chi connectivity index (χ0v) is 13.9. The summed E-state index contributed by atoms with van der Waals surface area (Å²) in [6.07, 6.45) is 0. The van der Waals surface area contributed by atoms with E-state index in [0.717, 1.165) is 11.6 Å². The zero-order chi connectivity index (χ0) is 17.3. The second kappa shape index (κ2) is 6.84. The number of benzene rings is 2. The van der Waals surface area contributed by atoms with Crippen molar-refractivity contribution < 1.29 is 22.7 Å². The van der Waals surface area contributed by atoms with Crippen LogP contribution < -0.4 is 0 Å². The molecule has 2 aromatic rings. The van der Waals surface area contributed by atoms with Gasteiger partial charge in [0.15, 0.2) is 11.1 Å². The van der Waals surface area contributed by atoms with Gasteiger partial charge >= 0.3 is 5.97 Å². The van der Waals surface area contributed by atoms with Crippen LogP contribution in [0.15, 0.2) is 42.5 Å². The molecule has 0 saturated heterocycles. The van der Waals surface area contributed by atoms with Crippen LogP contribution in [0.25, 0.3) is 11.1 Å². The molecule has 124 valence electrons. The minimum absolute atomic E-state index is 0.0331. The monoisotopic (exact) mass is 366 g/mol. The van der Waals surface area contributed by atoms with E-state index in [4.69, 9.17) is 20.9 Å². The Morgan fingerprint density at radius 3 is 2.54 bits per heavy atom. The molecule has 2 aromatic carbocycles. The van der Waals surface area contributed by atoms with E-state index in [-0.39, 0.29) is 17.4 Å². The predicted octanol–water partition coefficient (Wildman–Crippen LogP) is 3.67. The Bertz CT molecular complexity index is 861. The van der Waals surface area contributed by atoms with E-state index in [1.54, 1.807) is 24.3 Å². The maximum absolute atomic E-state index is 13.2. The highest BCUT2D eigenvalue weighted by atomic mass is 35.5. The van der Waals surface area contributed by atoms with E-state index in [1.165, 1.54) is 12.1 Å². The van der Waals surface area contributed by atoms with Crippen molar-refractivity contribution in [2.75, 3.05) is 6.61 Å². The van der Waals surface area contributed by atoms with Crippen molar-refractivity contribution in [1.29, 1.82) is 0 Å². The molecule has 0 radical (unpaired) electrons. The quantitative estimate of drug-likeness (QED) is 0.662. The van der Waals surface area contributed by atoms with Crippen molar-refractivity contribution >= 4 is 39.8 Å². The number of carbonyl (C=O) groups is 1. The third-order valence-electron chi connectivity index (χ3n) is 3.65. The van der Waals surface area contributed by atoms with Gasteiger partial charge in [-0.05, 0) is 29.3 Å². The highest BCUT2D eigenvalue weighted by Gasteiger charge is 2.28. The summed E-state index contributed by atoms with van der Waals surface area (Å²) in [5.74, 6) is -0.969. The molecule has 24 heavy (non-hydrogen) atoms. The molecule has 0 saturated carbocycles. The van der Waals surface area contributed by atoms with Gasteiger partial charge in [0.05, 0.1) is 16.3 Å². The molecule has 1 aliphatic heterocycles. The molecule has 3 rings (SSSR count). The third-order valence-corrected chi connectivity index (χ3v) is 4.54. The average Bonchev–Trinajstić information content (AvgIpc) is 2.89. The number of cyclic esters (lactones) is 1. The molecular formula is C17H12ClFO4S. The van der Waals surface area contributed by atoms with Crippen LogP contribution >= 0.6 is 11.6 Å². The van der Waals surface area contributed by atoms with Gasteiger partial charge in [0.1, 0.15) is 12.4 Å². The summed E-state index contributed by atoms with van der Waals surface area (Å²) in [5.41, 5.74) is 2.80. The first-order valence-electron chi connectivity index (χ1n) is 6.98. The molecule has 0 amide bonds. The van der Waals surface area contributed by atoms with Crippen molar-refractivity contribution in [2.45, 2.75) is 5.75 Å². The Balaban J connectivity index is 2.04. The maximum Gasteiger partial charge on any atom is 0.339 e. The zero-order valence-electron chi connectivity index (χ0n) is 12.3.